The minimum atomic E-state index is -0.686. The molecule has 36 heavy (non-hydrogen) atoms. The number of rotatable bonds is 7. The van der Waals surface area contributed by atoms with Crippen molar-refractivity contribution in [2.24, 2.45) is 0 Å². The zero-order chi connectivity index (χ0) is 25.5. The summed E-state index contributed by atoms with van der Waals surface area (Å²) in [4.78, 5) is 29.0. The lowest BCUT2D eigenvalue weighted by molar-refractivity contribution is 0.0920. The Balaban J connectivity index is 1.27. The number of phenolic OH excluding ortho intramolecular Hbond substituents is 1. The number of benzene rings is 2. The number of aromatic nitrogens is 1. The third-order valence-electron chi connectivity index (χ3n) is 5.92. The smallest absolute Gasteiger partial charge is 0.315 e. The first-order valence-electron chi connectivity index (χ1n) is 11.6. The van der Waals surface area contributed by atoms with E-state index in [1.54, 1.807) is 24.3 Å². The number of amides is 3. The monoisotopic (exact) mass is 496 g/mol. The highest BCUT2D eigenvalue weighted by Gasteiger charge is 2.25. The average molecular weight is 497 g/mol. The second kappa shape index (κ2) is 11.5. The van der Waals surface area contributed by atoms with Crippen LogP contribution in [0.1, 0.15) is 41.6 Å². The number of halogens is 2. The van der Waals surface area contributed by atoms with Gasteiger partial charge in [0.25, 0.3) is 5.91 Å². The lowest BCUT2D eigenvalue weighted by Crippen LogP contribution is -2.46. The summed E-state index contributed by atoms with van der Waals surface area (Å²) in [5.74, 6) is -1.36. The number of aromatic hydroxyl groups is 1. The van der Waals surface area contributed by atoms with E-state index in [1.807, 2.05) is 0 Å². The normalized spacial score (nSPS) is 17.2. The molecule has 3 aromatic rings. The van der Waals surface area contributed by atoms with Gasteiger partial charge in [-0.15, -0.1) is 0 Å². The fraction of sp³-hybridized carbons (Fsp3) is 0.269. The summed E-state index contributed by atoms with van der Waals surface area (Å²) in [6.45, 7) is 0.202. The minimum absolute atomic E-state index is 0.0595. The number of urea groups is 1. The average Bonchev–Trinajstić information content (AvgIpc) is 2.87. The molecule has 1 heterocycles. The Hall–Kier alpha value is -4.21. The first kappa shape index (κ1) is 24.9. The molecule has 10 heteroatoms. The molecule has 1 fully saturated rings. The number of pyridine rings is 1. The Kier molecular flexibility index (Phi) is 7.94. The van der Waals surface area contributed by atoms with E-state index >= 15 is 0 Å². The van der Waals surface area contributed by atoms with Gasteiger partial charge in [-0.1, -0.05) is 18.2 Å². The standard InChI is InChI=1S/C26H26F2N4O4/c27-17-5-11-21(12-6-17)36-25-22(13-18(28)15-29-25)24(34)31-19-7-9-20(10-8-19)32-26(35)30-14-16-3-1-2-4-23(16)33/h1-6,11-13,15,19-20,33H,7-10,14H2,(H,31,34)(H2,30,32,35). The molecule has 0 radical (unpaired) electrons. The van der Waals surface area contributed by atoms with Crippen LogP contribution in [0, 0.1) is 11.6 Å². The third kappa shape index (κ3) is 6.68. The summed E-state index contributed by atoms with van der Waals surface area (Å²) in [7, 11) is 0. The van der Waals surface area contributed by atoms with E-state index in [2.05, 4.69) is 20.9 Å². The van der Waals surface area contributed by atoms with Crippen molar-refractivity contribution in [2.45, 2.75) is 44.3 Å². The first-order valence-corrected chi connectivity index (χ1v) is 11.6. The molecule has 0 aliphatic heterocycles. The maximum Gasteiger partial charge on any atom is 0.315 e. The molecule has 0 saturated heterocycles. The van der Waals surface area contributed by atoms with Crippen LogP contribution in [0.5, 0.6) is 17.4 Å². The van der Waals surface area contributed by atoms with Gasteiger partial charge in [-0.05, 0) is 62.1 Å². The molecule has 2 aromatic carbocycles. The SMILES string of the molecule is O=C(NCc1ccccc1O)NC1CCC(NC(=O)c2cc(F)cnc2Oc2ccc(F)cc2)CC1. The van der Waals surface area contributed by atoms with Crippen LogP contribution in [0.4, 0.5) is 13.6 Å². The summed E-state index contributed by atoms with van der Waals surface area (Å²) in [5.41, 5.74) is 0.553. The molecule has 0 atom stereocenters. The topological polar surface area (TPSA) is 113 Å². The van der Waals surface area contributed by atoms with Crippen molar-refractivity contribution < 1.29 is 28.2 Å². The van der Waals surface area contributed by atoms with Gasteiger partial charge in [0, 0.05) is 24.2 Å². The minimum Gasteiger partial charge on any atom is -0.508 e. The zero-order valence-corrected chi connectivity index (χ0v) is 19.3. The van der Waals surface area contributed by atoms with Gasteiger partial charge < -0.3 is 25.8 Å². The van der Waals surface area contributed by atoms with Crippen molar-refractivity contribution in [3.63, 3.8) is 0 Å². The molecule has 0 spiro atoms. The quantitative estimate of drug-likeness (QED) is 0.387. The van der Waals surface area contributed by atoms with Gasteiger partial charge in [-0.25, -0.2) is 18.6 Å². The Morgan fingerprint density at radius 2 is 1.61 bits per heavy atom. The van der Waals surface area contributed by atoms with E-state index in [4.69, 9.17) is 4.74 Å². The van der Waals surface area contributed by atoms with E-state index in [0.29, 0.717) is 31.2 Å². The molecule has 1 aromatic heterocycles. The second-order valence-electron chi connectivity index (χ2n) is 8.54. The highest BCUT2D eigenvalue weighted by atomic mass is 19.1. The van der Waals surface area contributed by atoms with Gasteiger partial charge in [0.1, 0.15) is 28.7 Å². The molecule has 0 unspecified atom stereocenters. The highest BCUT2D eigenvalue weighted by molar-refractivity contribution is 5.96. The third-order valence-corrected chi connectivity index (χ3v) is 5.92. The van der Waals surface area contributed by atoms with Crippen molar-refractivity contribution >= 4 is 11.9 Å². The van der Waals surface area contributed by atoms with Crippen LogP contribution in [0.15, 0.2) is 60.8 Å². The number of nitrogens with zero attached hydrogens (tertiary/aromatic N) is 1. The van der Waals surface area contributed by atoms with Crippen molar-refractivity contribution in [1.29, 1.82) is 0 Å². The predicted molar refractivity (Wildman–Crippen MR) is 128 cm³/mol. The van der Waals surface area contributed by atoms with Gasteiger partial charge >= 0.3 is 6.03 Å². The summed E-state index contributed by atoms with van der Waals surface area (Å²) < 4.78 is 32.6. The number of nitrogens with one attached hydrogen (secondary N) is 3. The van der Waals surface area contributed by atoms with Crippen molar-refractivity contribution in [2.75, 3.05) is 0 Å². The molecular weight excluding hydrogens is 470 g/mol. The fourth-order valence-corrected chi connectivity index (χ4v) is 4.00. The number of hydrogen-bond donors (Lipinski definition) is 4. The number of carbonyl (C=O) groups excluding carboxylic acids is 2. The summed E-state index contributed by atoms with van der Waals surface area (Å²) in [5, 5.41) is 18.3. The largest absolute Gasteiger partial charge is 0.508 e. The van der Waals surface area contributed by atoms with Crippen LogP contribution in [-0.2, 0) is 6.54 Å². The molecule has 0 bridgehead atoms. The molecule has 8 nitrogen and oxygen atoms in total. The second-order valence-corrected chi connectivity index (χ2v) is 8.54. The Morgan fingerprint density at radius 3 is 2.31 bits per heavy atom. The number of ether oxygens (including phenoxy) is 1. The summed E-state index contributed by atoms with van der Waals surface area (Å²) in [6, 6.07) is 12.4. The van der Waals surface area contributed by atoms with Crippen molar-refractivity contribution in [1.82, 2.24) is 20.9 Å². The van der Waals surface area contributed by atoms with Gasteiger partial charge in [-0.3, -0.25) is 4.79 Å². The van der Waals surface area contributed by atoms with Crippen molar-refractivity contribution in [3.05, 3.63) is 83.6 Å². The first-order chi connectivity index (χ1) is 17.4. The van der Waals surface area contributed by atoms with E-state index < -0.39 is 17.5 Å². The lowest BCUT2D eigenvalue weighted by Gasteiger charge is -2.29. The summed E-state index contributed by atoms with van der Waals surface area (Å²) >= 11 is 0. The van der Waals surface area contributed by atoms with Gasteiger partial charge in [0.05, 0.1) is 6.20 Å². The van der Waals surface area contributed by atoms with E-state index in [9.17, 15) is 23.5 Å². The fourth-order valence-electron chi connectivity index (χ4n) is 4.00. The number of phenols is 1. The van der Waals surface area contributed by atoms with Gasteiger partial charge in [-0.2, -0.15) is 0 Å². The zero-order valence-electron chi connectivity index (χ0n) is 19.3. The van der Waals surface area contributed by atoms with Crippen LogP contribution >= 0.6 is 0 Å². The van der Waals surface area contributed by atoms with Crippen LogP contribution in [0.3, 0.4) is 0 Å². The lowest BCUT2D eigenvalue weighted by atomic mass is 9.91. The number of carbonyl (C=O) groups is 2. The molecule has 4 N–H and O–H groups in total. The maximum absolute atomic E-state index is 13.8. The van der Waals surface area contributed by atoms with Crippen LogP contribution < -0.4 is 20.7 Å². The number of para-hydroxylation sites is 1. The Bertz CT molecular complexity index is 1210. The molecule has 4 rings (SSSR count). The highest BCUT2D eigenvalue weighted by Crippen LogP contribution is 2.25. The van der Waals surface area contributed by atoms with Crippen molar-refractivity contribution in [3.8, 4) is 17.4 Å². The van der Waals surface area contributed by atoms with Gasteiger partial charge in [0.2, 0.25) is 5.88 Å². The van der Waals surface area contributed by atoms with E-state index in [-0.39, 0.29) is 47.6 Å². The van der Waals surface area contributed by atoms with Crippen LogP contribution in [-0.4, -0.2) is 34.1 Å². The molecule has 3 amide bonds. The maximum atomic E-state index is 13.8. The molecule has 1 aliphatic rings. The molecule has 1 saturated carbocycles. The summed E-state index contributed by atoms with van der Waals surface area (Å²) in [6.07, 6.45) is 3.47. The Morgan fingerprint density at radius 1 is 0.944 bits per heavy atom. The predicted octanol–water partition coefficient (Wildman–Crippen LogP) is 4.40. The van der Waals surface area contributed by atoms with Crippen LogP contribution in [0.25, 0.3) is 0 Å². The molecule has 188 valence electrons. The van der Waals surface area contributed by atoms with E-state index in [1.165, 1.54) is 24.3 Å². The number of hydrogen-bond acceptors (Lipinski definition) is 5. The van der Waals surface area contributed by atoms with Gasteiger partial charge in [0.15, 0.2) is 0 Å². The molecular formula is C26H26F2N4O4. The van der Waals surface area contributed by atoms with Crippen LogP contribution in [0.2, 0.25) is 0 Å². The van der Waals surface area contributed by atoms with E-state index in [0.717, 1.165) is 12.3 Å². The molecule has 1 aliphatic carbocycles. The Labute approximate surface area is 206 Å².